The van der Waals surface area contributed by atoms with Gasteiger partial charge in [0, 0.05) is 36.1 Å². The van der Waals surface area contributed by atoms with Crippen LogP contribution in [0.1, 0.15) is 113 Å². The maximum absolute atomic E-state index is 8.12. The van der Waals surface area contributed by atoms with Crippen molar-refractivity contribution in [3.8, 4) is 11.5 Å². The van der Waals surface area contributed by atoms with Crippen LogP contribution in [-0.4, -0.2) is 82.6 Å². The second-order valence-corrected chi connectivity index (χ2v) is 16.3. The maximum Gasteiger partial charge on any atom is 0.373 e. The lowest BCUT2D eigenvalue weighted by molar-refractivity contribution is -0.193. The average molecular weight is 930 g/mol. The summed E-state index contributed by atoms with van der Waals surface area (Å²) in [6.45, 7) is 8.57. The van der Waals surface area contributed by atoms with Gasteiger partial charge in [0.05, 0.1) is 25.6 Å². The lowest BCUT2D eigenvalue weighted by Gasteiger charge is -2.22. The number of rotatable bonds is 22. The molecule has 0 saturated heterocycles. The van der Waals surface area contributed by atoms with E-state index in [4.69, 9.17) is 57.5 Å². The molecule has 0 aliphatic carbocycles. The molecule has 0 amide bonds. The number of hydrogen-bond donors (Lipinski definition) is 4. The summed E-state index contributed by atoms with van der Waals surface area (Å²) in [6.07, 6.45) is 17.3. The molecule has 0 aliphatic rings. The smallest absolute Gasteiger partial charge is 0.373 e. The van der Waals surface area contributed by atoms with Gasteiger partial charge in [0.2, 0.25) is 11.9 Å². The van der Waals surface area contributed by atoms with Crippen LogP contribution in [0.15, 0.2) is 48.5 Å². The van der Waals surface area contributed by atoms with E-state index in [9.17, 15) is 0 Å². The number of para-hydroxylation sites is 2. The molecule has 17 heteroatoms. The summed E-state index contributed by atoms with van der Waals surface area (Å²) in [6, 6.07) is 16.8. The molecule has 14 nitrogen and oxygen atoms in total. The number of nitrogens with one attached hydrogen (secondary N) is 1. The van der Waals surface area contributed by atoms with E-state index < -0.39 is 0 Å². The molecule has 2 atom stereocenters. The second kappa shape index (κ2) is 36.8. The number of carbonyl (C=O) groups excluding carboxylic acids is 4. The number of anilines is 3. The number of unbranched alkanes of at least 4 members (excludes halogenated alkanes) is 2. The van der Waals surface area contributed by atoms with Crippen LogP contribution in [0.5, 0.6) is 11.5 Å². The van der Waals surface area contributed by atoms with Crippen LogP contribution in [0.3, 0.4) is 0 Å². The highest BCUT2D eigenvalue weighted by atomic mass is 35.5. The van der Waals surface area contributed by atoms with Gasteiger partial charge >= 0.3 is 12.3 Å². The van der Waals surface area contributed by atoms with Crippen molar-refractivity contribution in [3.63, 3.8) is 0 Å². The number of halogens is 1. The Morgan fingerprint density at radius 1 is 0.667 bits per heavy atom. The van der Waals surface area contributed by atoms with Gasteiger partial charge in [0.15, 0.2) is 0 Å². The molecule has 2 aromatic heterocycles. The monoisotopic (exact) mass is 928 g/mol. The van der Waals surface area contributed by atoms with Crippen LogP contribution in [-0.2, 0) is 44.9 Å². The Balaban J connectivity index is 0.000000942. The van der Waals surface area contributed by atoms with E-state index in [0.29, 0.717) is 29.6 Å². The van der Waals surface area contributed by atoms with E-state index in [1.807, 2.05) is 72.9 Å². The molecule has 2 heterocycles. The molecule has 2 aromatic carbocycles. The summed E-state index contributed by atoms with van der Waals surface area (Å²) in [4.78, 5) is 49.9. The SMILES string of the molecule is CCCC[C@@H](CCSC)Nc1nc(N)nc(CC)c1Cc1ccccc1OC.CCCC[C@H](N)CCSC.CCc1nc(N)nc(Cl)c1Cc1ccccc1OC.O=C=O.O=C=O. The summed E-state index contributed by atoms with van der Waals surface area (Å²) in [5, 5.41) is 4.12. The molecule has 0 fully saturated rings. The normalized spacial score (nSPS) is 10.9. The molecule has 63 heavy (non-hydrogen) atoms. The van der Waals surface area contributed by atoms with Crippen molar-refractivity contribution in [2.75, 3.05) is 55.0 Å². The van der Waals surface area contributed by atoms with Crippen LogP contribution in [0.2, 0.25) is 5.15 Å². The van der Waals surface area contributed by atoms with Crippen molar-refractivity contribution >= 4 is 65.1 Å². The van der Waals surface area contributed by atoms with Gasteiger partial charge in [-0.25, -0.2) is 15.0 Å². The minimum Gasteiger partial charge on any atom is -0.496 e. The summed E-state index contributed by atoms with van der Waals surface area (Å²) in [5.74, 6) is 5.48. The third-order valence-corrected chi connectivity index (χ3v) is 11.1. The van der Waals surface area contributed by atoms with E-state index in [0.717, 1.165) is 88.8 Å². The average Bonchev–Trinajstić information content (AvgIpc) is 3.28. The molecule has 7 N–H and O–H groups in total. The zero-order valence-corrected chi connectivity index (χ0v) is 40.7. The van der Waals surface area contributed by atoms with E-state index in [1.165, 1.54) is 44.3 Å². The predicted molar refractivity (Wildman–Crippen MR) is 259 cm³/mol. The Hall–Kier alpha value is -4.69. The van der Waals surface area contributed by atoms with E-state index in [2.05, 4.69) is 64.6 Å². The number of nitrogens with two attached hydrogens (primary N) is 3. The Morgan fingerprint density at radius 3 is 1.59 bits per heavy atom. The first-order valence-corrected chi connectivity index (χ1v) is 24.3. The Kier molecular flexibility index (Phi) is 34.0. The molecule has 4 rings (SSSR count). The first kappa shape index (κ1) is 58.3. The quantitative estimate of drug-likeness (QED) is 0.0539. The van der Waals surface area contributed by atoms with Crippen molar-refractivity contribution in [3.05, 3.63) is 87.3 Å². The molecule has 0 radical (unpaired) electrons. The lowest BCUT2D eigenvalue weighted by Crippen LogP contribution is -2.23. The van der Waals surface area contributed by atoms with Crippen LogP contribution in [0.4, 0.5) is 17.7 Å². The minimum atomic E-state index is 0.214. The number of ether oxygens (including phenoxy) is 2. The van der Waals surface area contributed by atoms with Gasteiger partial charge in [-0.3, -0.25) is 0 Å². The Bertz CT molecular complexity index is 1890. The van der Waals surface area contributed by atoms with Gasteiger partial charge in [-0.05, 0) is 85.8 Å². The van der Waals surface area contributed by atoms with Crippen LogP contribution >= 0.6 is 35.1 Å². The van der Waals surface area contributed by atoms with Gasteiger partial charge in [-0.2, -0.15) is 47.7 Å². The number of aryl methyl sites for hydroxylation is 2. The standard InChI is InChI=1S/C22H34N4OS.C14H16ClN3O.C8H19NS.2CO2/c1-5-7-11-17(13-14-28-4)24-21-18(19(6-2)25-22(23)26-21)15-16-10-8-9-12-20(16)27-3;1-3-11-10(13(15)18-14(16)17-11)8-9-6-4-5-7-12(9)19-2;1-3-4-5-8(9)6-7-10-2;2*2-1-3/h8-10,12,17H,5-7,11,13-15H2,1-4H3,(H3,23,24,25,26);4-7H,3,8H2,1-2H3,(H2,16,17,18);8H,3-7,9H2,1-2H3;;/t17-;;8-;;/m0.0../s1. The third kappa shape index (κ3) is 24.1. The number of benzene rings is 2. The van der Waals surface area contributed by atoms with Crippen molar-refractivity contribution in [1.29, 1.82) is 0 Å². The molecule has 4 aromatic rings. The predicted octanol–water partition coefficient (Wildman–Crippen LogP) is 8.91. The fourth-order valence-corrected chi connectivity index (χ4v) is 7.60. The Morgan fingerprint density at radius 2 is 1.11 bits per heavy atom. The molecule has 0 unspecified atom stereocenters. The zero-order valence-electron chi connectivity index (χ0n) is 38.3. The van der Waals surface area contributed by atoms with E-state index in [1.54, 1.807) is 14.2 Å². The lowest BCUT2D eigenvalue weighted by atomic mass is 10.0. The first-order chi connectivity index (χ1) is 30.4. The summed E-state index contributed by atoms with van der Waals surface area (Å²) in [7, 11) is 3.36. The molecule has 0 spiro atoms. The highest BCUT2D eigenvalue weighted by Crippen LogP contribution is 2.29. The van der Waals surface area contributed by atoms with Crippen molar-refractivity contribution < 1.29 is 28.7 Å². The highest BCUT2D eigenvalue weighted by molar-refractivity contribution is 7.98. The van der Waals surface area contributed by atoms with Crippen molar-refractivity contribution in [2.24, 2.45) is 5.73 Å². The minimum absolute atomic E-state index is 0.214. The van der Waals surface area contributed by atoms with Gasteiger partial charge < -0.3 is 32.0 Å². The molecule has 0 aliphatic heterocycles. The number of hydrogen-bond acceptors (Lipinski definition) is 16. The topological polar surface area (TPSA) is 228 Å². The Labute approximate surface area is 388 Å². The number of thioether (sulfide) groups is 2. The van der Waals surface area contributed by atoms with Crippen molar-refractivity contribution in [1.82, 2.24) is 19.9 Å². The van der Waals surface area contributed by atoms with Gasteiger partial charge in [-0.1, -0.05) is 101 Å². The van der Waals surface area contributed by atoms with Gasteiger partial charge in [-0.15, -0.1) is 0 Å². The molecular weight excluding hydrogens is 860 g/mol. The summed E-state index contributed by atoms with van der Waals surface area (Å²) < 4.78 is 10.9. The number of nitrogen functional groups attached to an aromatic ring is 2. The highest BCUT2D eigenvalue weighted by Gasteiger charge is 2.18. The van der Waals surface area contributed by atoms with Crippen molar-refractivity contribution in [2.45, 2.75) is 117 Å². The summed E-state index contributed by atoms with van der Waals surface area (Å²) in [5.41, 5.74) is 23.6. The summed E-state index contributed by atoms with van der Waals surface area (Å²) >= 11 is 9.95. The fraction of sp³-hybridized carbons (Fsp3) is 0.522. The maximum atomic E-state index is 8.12. The number of nitrogens with zero attached hydrogens (tertiary/aromatic N) is 4. The third-order valence-electron chi connectivity index (χ3n) is 9.50. The molecule has 348 valence electrons. The molecular formula is C46H69ClN8O6S2. The van der Waals surface area contributed by atoms with Gasteiger partial charge in [0.1, 0.15) is 22.5 Å². The first-order valence-electron chi connectivity index (χ1n) is 21.1. The largest absolute Gasteiger partial charge is 0.496 e. The van der Waals surface area contributed by atoms with Crippen LogP contribution < -0.4 is 32.0 Å². The number of aromatic nitrogens is 4. The van der Waals surface area contributed by atoms with E-state index in [-0.39, 0.29) is 18.3 Å². The molecule has 0 bridgehead atoms. The fourth-order valence-electron chi connectivity index (χ4n) is 6.28. The van der Waals surface area contributed by atoms with Crippen LogP contribution in [0.25, 0.3) is 0 Å². The number of methoxy groups -OCH3 is 2. The van der Waals surface area contributed by atoms with Crippen LogP contribution in [0, 0.1) is 0 Å². The zero-order chi connectivity index (χ0) is 47.4. The molecule has 0 saturated carbocycles. The van der Waals surface area contributed by atoms with E-state index >= 15 is 0 Å². The van der Waals surface area contributed by atoms with Gasteiger partial charge in [0.25, 0.3) is 0 Å². The second-order valence-electron chi connectivity index (χ2n) is 14.0.